The summed E-state index contributed by atoms with van der Waals surface area (Å²) in [5.41, 5.74) is 1.77. The number of fused-ring (bicyclic) bond motifs is 2. The third-order valence-corrected chi connectivity index (χ3v) is 7.68. The van der Waals surface area contributed by atoms with E-state index in [9.17, 15) is 9.59 Å². The number of thiophene rings is 1. The maximum Gasteiger partial charge on any atom is 0.287 e. The zero-order valence-corrected chi connectivity index (χ0v) is 21.5. The first-order valence-corrected chi connectivity index (χ1v) is 12.9. The minimum absolute atomic E-state index is 0.0679. The van der Waals surface area contributed by atoms with E-state index >= 15 is 4.39 Å². The van der Waals surface area contributed by atoms with Gasteiger partial charge in [-0.25, -0.2) is 9.49 Å². The summed E-state index contributed by atoms with van der Waals surface area (Å²) in [6.07, 6.45) is 0. The molecule has 3 aromatic heterocycles. The Hall–Kier alpha value is -4.35. The molecule has 0 fully saturated rings. The topological polar surface area (TPSA) is 108 Å². The van der Waals surface area contributed by atoms with Crippen molar-refractivity contribution in [2.45, 2.75) is 20.0 Å². The zero-order valence-electron chi connectivity index (χ0n) is 20.7. The number of hydrogen-bond donors (Lipinski definition) is 3. The van der Waals surface area contributed by atoms with E-state index in [1.165, 1.54) is 17.4 Å². The molecule has 0 aliphatic carbocycles. The average molecular weight is 530 g/mol. The molecule has 4 heterocycles. The quantitative estimate of drug-likeness (QED) is 0.304. The van der Waals surface area contributed by atoms with Gasteiger partial charge in [0.15, 0.2) is 11.6 Å². The highest BCUT2D eigenvalue weighted by Gasteiger charge is 2.20. The van der Waals surface area contributed by atoms with Gasteiger partial charge in [-0.2, -0.15) is 10.2 Å². The van der Waals surface area contributed by atoms with Gasteiger partial charge < -0.3 is 10.6 Å². The summed E-state index contributed by atoms with van der Waals surface area (Å²) in [6, 6.07) is 16.1. The van der Waals surface area contributed by atoms with Crippen LogP contribution < -0.4 is 16.2 Å². The van der Waals surface area contributed by atoms with Crippen LogP contribution in [0.3, 0.4) is 0 Å². The van der Waals surface area contributed by atoms with Crippen LogP contribution in [0.4, 0.5) is 21.6 Å². The molecule has 0 saturated carbocycles. The number of carbonyl (C=O) groups excluding carboxylic acids is 1. The highest BCUT2D eigenvalue weighted by Crippen LogP contribution is 2.32. The molecule has 1 aliphatic rings. The van der Waals surface area contributed by atoms with Crippen LogP contribution in [-0.2, 0) is 13.1 Å². The number of likely N-dealkylation sites (N-methyl/N-ethyl adjacent to an activating group) is 1. The maximum atomic E-state index is 15.8. The predicted octanol–water partition coefficient (Wildman–Crippen LogP) is 4.74. The summed E-state index contributed by atoms with van der Waals surface area (Å²) in [4.78, 5) is 28.2. The van der Waals surface area contributed by atoms with Gasteiger partial charge >= 0.3 is 0 Å². The SMILES string of the molecule is Cc1ccc(-c2cc(Nc3cc4n(n3)CCN(C)C4)c(=O)[nH]n2)c(F)c1NC(=O)c1cc2ccccc2s1. The highest BCUT2D eigenvalue weighted by atomic mass is 32.1. The second-order valence-electron chi connectivity index (χ2n) is 9.32. The van der Waals surface area contributed by atoms with E-state index in [0.29, 0.717) is 16.3 Å². The lowest BCUT2D eigenvalue weighted by Gasteiger charge is -2.22. The number of nitrogens with zero attached hydrogens (tertiary/aromatic N) is 4. The van der Waals surface area contributed by atoms with Crippen LogP contribution in [0.15, 0.2) is 59.4 Å². The predicted molar refractivity (Wildman–Crippen MR) is 147 cm³/mol. The molecule has 192 valence electrons. The lowest BCUT2D eigenvalue weighted by Crippen LogP contribution is -2.30. The molecular weight excluding hydrogens is 505 g/mol. The molecule has 0 atom stereocenters. The molecule has 1 aliphatic heterocycles. The summed E-state index contributed by atoms with van der Waals surface area (Å²) < 4.78 is 18.7. The van der Waals surface area contributed by atoms with Crippen LogP contribution >= 0.6 is 11.3 Å². The van der Waals surface area contributed by atoms with Crippen molar-refractivity contribution in [2.75, 3.05) is 24.2 Å². The number of aryl methyl sites for hydroxylation is 1. The third-order valence-electron chi connectivity index (χ3n) is 6.57. The van der Waals surface area contributed by atoms with Gasteiger partial charge in [0.05, 0.1) is 28.5 Å². The van der Waals surface area contributed by atoms with Gasteiger partial charge in [-0.05, 0) is 49.2 Å². The van der Waals surface area contributed by atoms with Crippen LogP contribution in [0.25, 0.3) is 21.3 Å². The number of rotatable bonds is 5. The minimum Gasteiger partial charge on any atom is -0.334 e. The van der Waals surface area contributed by atoms with Crippen molar-refractivity contribution in [3.8, 4) is 11.3 Å². The van der Waals surface area contributed by atoms with Gasteiger partial charge in [0, 0.05) is 29.4 Å². The van der Waals surface area contributed by atoms with Crippen molar-refractivity contribution in [3.63, 3.8) is 0 Å². The number of hydrogen-bond acceptors (Lipinski definition) is 7. The highest BCUT2D eigenvalue weighted by molar-refractivity contribution is 7.20. The molecule has 0 unspecified atom stereocenters. The molecule has 0 bridgehead atoms. The Labute approximate surface area is 220 Å². The molecule has 2 aromatic carbocycles. The van der Waals surface area contributed by atoms with E-state index in [4.69, 9.17) is 0 Å². The smallest absolute Gasteiger partial charge is 0.287 e. The normalized spacial score (nSPS) is 13.4. The summed E-state index contributed by atoms with van der Waals surface area (Å²) in [7, 11) is 2.04. The number of aromatic nitrogens is 4. The molecule has 9 nitrogen and oxygen atoms in total. The van der Waals surface area contributed by atoms with Gasteiger partial charge in [-0.3, -0.25) is 19.2 Å². The maximum absolute atomic E-state index is 15.8. The van der Waals surface area contributed by atoms with Gasteiger partial charge in [0.2, 0.25) is 0 Å². The third kappa shape index (κ3) is 4.46. The van der Waals surface area contributed by atoms with E-state index in [2.05, 4.69) is 30.8 Å². The molecule has 11 heteroatoms. The standard InChI is InChI=1S/C27H24FN7O2S/c1-15-7-8-18(24(28)25(15)30-27(37)22-11-16-5-3-4-6-21(16)38-22)19-13-20(26(36)32-31-19)29-23-12-17-14-34(2)9-10-35(17)33-23/h3-8,11-13H,9-10,14H2,1-2H3,(H,30,37)(H,32,36)(H,29,31,33). The first-order chi connectivity index (χ1) is 18.4. The fourth-order valence-electron chi connectivity index (χ4n) is 4.53. The summed E-state index contributed by atoms with van der Waals surface area (Å²) >= 11 is 1.35. The van der Waals surface area contributed by atoms with Crippen LogP contribution in [-0.4, -0.2) is 44.4 Å². The second-order valence-corrected chi connectivity index (χ2v) is 10.4. The number of halogens is 1. The summed E-state index contributed by atoms with van der Waals surface area (Å²) in [5, 5.41) is 17.8. The Morgan fingerprint density at radius 3 is 2.82 bits per heavy atom. The van der Waals surface area contributed by atoms with Crippen LogP contribution in [0, 0.1) is 12.7 Å². The number of H-pyrrole nitrogens is 1. The van der Waals surface area contributed by atoms with Crippen molar-refractivity contribution in [1.29, 1.82) is 0 Å². The Kier molecular flexibility index (Phi) is 6.01. The van der Waals surface area contributed by atoms with Crippen molar-refractivity contribution >= 4 is 44.5 Å². The Morgan fingerprint density at radius 1 is 1.13 bits per heavy atom. The van der Waals surface area contributed by atoms with Crippen molar-refractivity contribution in [2.24, 2.45) is 0 Å². The van der Waals surface area contributed by atoms with E-state index in [1.807, 2.05) is 42.1 Å². The van der Waals surface area contributed by atoms with Crippen LogP contribution in [0.5, 0.6) is 0 Å². The number of benzene rings is 2. The first-order valence-electron chi connectivity index (χ1n) is 12.1. The molecule has 1 amide bonds. The Bertz CT molecular complexity index is 1720. The van der Waals surface area contributed by atoms with Gasteiger partial charge in [-0.15, -0.1) is 11.3 Å². The van der Waals surface area contributed by atoms with Gasteiger partial charge in [-0.1, -0.05) is 24.3 Å². The molecule has 6 rings (SSSR count). The molecule has 38 heavy (non-hydrogen) atoms. The van der Waals surface area contributed by atoms with E-state index < -0.39 is 17.3 Å². The van der Waals surface area contributed by atoms with E-state index in [-0.39, 0.29) is 22.6 Å². The van der Waals surface area contributed by atoms with Crippen molar-refractivity contribution in [3.05, 3.63) is 86.9 Å². The van der Waals surface area contributed by atoms with Crippen molar-refractivity contribution < 1.29 is 9.18 Å². The van der Waals surface area contributed by atoms with E-state index in [0.717, 1.165) is 35.4 Å². The molecule has 5 aromatic rings. The first kappa shape index (κ1) is 24.0. The average Bonchev–Trinajstić information content (AvgIpc) is 3.51. The molecule has 0 spiro atoms. The molecule has 0 saturated heterocycles. The lowest BCUT2D eigenvalue weighted by molar-refractivity contribution is 0.103. The lowest BCUT2D eigenvalue weighted by atomic mass is 10.1. The number of amides is 1. The molecule has 3 N–H and O–H groups in total. The monoisotopic (exact) mass is 529 g/mol. The number of nitrogens with one attached hydrogen (secondary N) is 3. The largest absolute Gasteiger partial charge is 0.334 e. The fourth-order valence-corrected chi connectivity index (χ4v) is 5.48. The summed E-state index contributed by atoms with van der Waals surface area (Å²) in [5.74, 6) is -0.499. The van der Waals surface area contributed by atoms with Gasteiger partial charge in [0.1, 0.15) is 5.69 Å². The van der Waals surface area contributed by atoms with Crippen molar-refractivity contribution in [1.82, 2.24) is 24.9 Å². The fraction of sp³-hybridized carbons (Fsp3) is 0.185. The summed E-state index contributed by atoms with van der Waals surface area (Å²) in [6.45, 7) is 4.13. The number of aromatic amines is 1. The number of anilines is 3. The minimum atomic E-state index is -0.634. The zero-order chi connectivity index (χ0) is 26.4. The Balaban J connectivity index is 1.29. The van der Waals surface area contributed by atoms with Crippen LogP contribution in [0.2, 0.25) is 0 Å². The number of carbonyl (C=O) groups is 1. The van der Waals surface area contributed by atoms with E-state index in [1.54, 1.807) is 25.1 Å². The molecular formula is C27H24FN7O2S. The van der Waals surface area contributed by atoms with Gasteiger partial charge in [0.25, 0.3) is 11.5 Å². The Morgan fingerprint density at radius 2 is 1.97 bits per heavy atom. The second kappa shape index (κ2) is 9.51. The molecule has 0 radical (unpaired) electrons. The van der Waals surface area contributed by atoms with Crippen LogP contribution in [0.1, 0.15) is 20.9 Å².